The van der Waals surface area contributed by atoms with Crippen LogP contribution in [-0.4, -0.2) is 37.2 Å². The van der Waals surface area contributed by atoms with Gasteiger partial charge >= 0.3 is 17.9 Å². The average molecular weight is 1120 g/mol. The number of esters is 3. The first-order valence-electron chi connectivity index (χ1n) is 36.0. The van der Waals surface area contributed by atoms with Gasteiger partial charge in [0.25, 0.3) is 0 Å². The Labute approximate surface area is 499 Å². The Morgan fingerprint density at radius 2 is 0.450 bits per heavy atom. The van der Waals surface area contributed by atoms with E-state index in [9.17, 15) is 14.4 Å². The summed E-state index contributed by atoms with van der Waals surface area (Å²) in [6.07, 6.45) is 86.6. The summed E-state index contributed by atoms with van der Waals surface area (Å²) in [6, 6.07) is 0. The molecule has 0 aliphatic rings. The maximum atomic E-state index is 12.9. The van der Waals surface area contributed by atoms with Crippen LogP contribution < -0.4 is 0 Å². The molecule has 6 heteroatoms. The highest BCUT2D eigenvalue weighted by Crippen LogP contribution is 2.19. The summed E-state index contributed by atoms with van der Waals surface area (Å²) in [5.41, 5.74) is 0. The van der Waals surface area contributed by atoms with Gasteiger partial charge in [0.05, 0.1) is 0 Å². The summed E-state index contributed by atoms with van der Waals surface area (Å²) >= 11 is 0. The fraction of sp³-hybridized carbons (Fsp3) is 0.878. The molecule has 0 heterocycles. The van der Waals surface area contributed by atoms with Crippen LogP contribution in [0.25, 0.3) is 0 Å². The van der Waals surface area contributed by atoms with Gasteiger partial charge in [0.2, 0.25) is 0 Å². The zero-order valence-corrected chi connectivity index (χ0v) is 54.1. The van der Waals surface area contributed by atoms with E-state index in [1.54, 1.807) is 0 Å². The van der Waals surface area contributed by atoms with Gasteiger partial charge in [-0.3, -0.25) is 14.4 Å². The molecule has 0 rings (SSSR count). The third kappa shape index (κ3) is 66.4. The number of ether oxygens (including phenoxy) is 3. The summed E-state index contributed by atoms with van der Waals surface area (Å²) in [7, 11) is 0. The predicted molar refractivity (Wildman–Crippen MR) is 349 cm³/mol. The highest BCUT2D eigenvalue weighted by atomic mass is 16.6. The quantitative estimate of drug-likeness (QED) is 0.0261. The molecular weight excluding hydrogens is 985 g/mol. The molecule has 0 aromatic rings. The lowest BCUT2D eigenvalue weighted by Crippen LogP contribution is -2.30. The molecule has 0 bridgehead atoms. The van der Waals surface area contributed by atoms with E-state index >= 15 is 0 Å². The van der Waals surface area contributed by atoms with Gasteiger partial charge in [-0.2, -0.15) is 0 Å². The highest BCUT2D eigenvalue weighted by Gasteiger charge is 2.19. The minimum absolute atomic E-state index is 0.0677. The Morgan fingerprint density at radius 3 is 0.700 bits per heavy atom. The molecule has 0 saturated heterocycles. The fourth-order valence-corrected chi connectivity index (χ4v) is 11.0. The number of hydrogen-bond donors (Lipinski definition) is 0. The fourth-order valence-electron chi connectivity index (χ4n) is 11.0. The second kappa shape index (κ2) is 69.1. The van der Waals surface area contributed by atoms with Crippen molar-refractivity contribution in [3.05, 3.63) is 36.5 Å². The van der Waals surface area contributed by atoms with E-state index in [0.717, 1.165) is 70.6 Å². The molecule has 80 heavy (non-hydrogen) atoms. The lowest BCUT2D eigenvalue weighted by atomic mass is 10.0. The van der Waals surface area contributed by atoms with Crippen LogP contribution in [0.1, 0.15) is 400 Å². The highest BCUT2D eigenvalue weighted by molar-refractivity contribution is 5.71. The molecule has 0 aromatic carbocycles. The van der Waals surface area contributed by atoms with Crippen molar-refractivity contribution in [2.75, 3.05) is 13.2 Å². The number of carbonyl (C=O) groups excluding carboxylic acids is 3. The number of unbranched alkanes of at least 4 members (excludes halogenated alkanes) is 50. The van der Waals surface area contributed by atoms with Crippen LogP contribution in [0.3, 0.4) is 0 Å². The molecular formula is C74H138O6. The summed E-state index contributed by atoms with van der Waals surface area (Å²) in [5, 5.41) is 0. The molecule has 0 radical (unpaired) electrons. The Kier molecular flexibility index (Phi) is 67.1. The van der Waals surface area contributed by atoms with Gasteiger partial charge in [-0.15, -0.1) is 0 Å². The number of carbonyl (C=O) groups is 3. The van der Waals surface area contributed by atoms with Crippen molar-refractivity contribution < 1.29 is 28.6 Å². The van der Waals surface area contributed by atoms with Crippen LogP contribution >= 0.6 is 0 Å². The zero-order chi connectivity index (χ0) is 57.8. The molecule has 1 atom stereocenters. The third-order valence-corrected chi connectivity index (χ3v) is 16.4. The number of hydrogen-bond acceptors (Lipinski definition) is 6. The smallest absolute Gasteiger partial charge is 0.306 e. The number of allylic oxidation sites excluding steroid dienone is 6. The van der Waals surface area contributed by atoms with E-state index < -0.39 is 6.10 Å². The van der Waals surface area contributed by atoms with Gasteiger partial charge in [-0.05, 0) is 57.8 Å². The third-order valence-electron chi connectivity index (χ3n) is 16.4. The maximum Gasteiger partial charge on any atom is 0.306 e. The van der Waals surface area contributed by atoms with Crippen LogP contribution in [0.5, 0.6) is 0 Å². The van der Waals surface area contributed by atoms with Crippen LogP contribution in [0.4, 0.5) is 0 Å². The summed E-state index contributed by atoms with van der Waals surface area (Å²) in [4.78, 5) is 38.1. The standard InChI is InChI=1S/C74H138O6/c1-4-7-10-13-16-18-20-22-24-26-28-30-32-34-36-37-39-40-42-44-46-48-50-52-54-56-58-61-64-67-73(76)79-70-71(69-78-72(75)66-63-60-15-12-9-6-3)80-74(77)68-65-62-59-57-55-53-51-49-47-45-43-41-38-35-33-31-29-27-25-23-21-19-17-14-11-8-5-2/h21,23,27,29,33,35,71H,4-20,22,24-26,28,30-32,34,36-70H2,1-3H3/b23-21-,29-27-,35-33-. The van der Waals surface area contributed by atoms with E-state index in [1.807, 2.05) is 0 Å². The maximum absolute atomic E-state index is 12.9. The van der Waals surface area contributed by atoms with Gasteiger partial charge in [-0.25, -0.2) is 0 Å². The average Bonchev–Trinajstić information content (AvgIpc) is 3.46. The van der Waals surface area contributed by atoms with E-state index in [2.05, 4.69) is 57.2 Å². The van der Waals surface area contributed by atoms with Crippen molar-refractivity contribution >= 4 is 17.9 Å². The monoisotopic (exact) mass is 1120 g/mol. The van der Waals surface area contributed by atoms with Gasteiger partial charge < -0.3 is 14.2 Å². The van der Waals surface area contributed by atoms with Gasteiger partial charge in [0.15, 0.2) is 6.10 Å². The Morgan fingerprint density at radius 1 is 0.250 bits per heavy atom. The van der Waals surface area contributed by atoms with Gasteiger partial charge in [-0.1, -0.05) is 359 Å². The lowest BCUT2D eigenvalue weighted by molar-refractivity contribution is -0.167. The first kappa shape index (κ1) is 77.6. The molecule has 1 unspecified atom stereocenters. The predicted octanol–water partition coefficient (Wildman–Crippen LogP) is 24.7. The molecule has 0 N–H and O–H groups in total. The molecule has 0 amide bonds. The normalized spacial score (nSPS) is 12.2. The summed E-state index contributed by atoms with van der Waals surface area (Å²) in [5.74, 6) is -0.854. The van der Waals surface area contributed by atoms with E-state index in [4.69, 9.17) is 14.2 Å². The lowest BCUT2D eigenvalue weighted by Gasteiger charge is -2.18. The van der Waals surface area contributed by atoms with E-state index in [-0.39, 0.29) is 31.1 Å². The van der Waals surface area contributed by atoms with Crippen molar-refractivity contribution in [3.8, 4) is 0 Å². The second-order valence-corrected chi connectivity index (χ2v) is 24.5. The Hall–Kier alpha value is -2.37. The number of rotatable bonds is 67. The largest absolute Gasteiger partial charge is 0.462 e. The second-order valence-electron chi connectivity index (χ2n) is 24.5. The van der Waals surface area contributed by atoms with Crippen molar-refractivity contribution in [2.45, 2.75) is 406 Å². The molecule has 0 saturated carbocycles. The summed E-state index contributed by atoms with van der Waals surface area (Å²) in [6.45, 7) is 6.64. The van der Waals surface area contributed by atoms with Crippen molar-refractivity contribution in [3.63, 3.8) is 0 Å². The van der Waals surface area contributed by atoms with E-state index in [0.29, 0.717) is 19.3 Å². The summed E-state index contributed by atoms with van der Waals surface area (Å²) < 4.78 is 16.9. The van der Waals surface area contributed by atoms with Crippen LogP contribution in [0.2, 0.25) is 0 Å². The van der Waals surface area contributed by atoms with Crippen LogP contribution in [-0.2, 0) is 28.6 Å². The van der Waals surface area contributed by atoms with Crippen molar-refractivity contribution in [2.24, 2.45) is 0 Å². The molecule has 0 aliphatic carbocycles. The molecule has 470 valence electrons. The molecule has 0 spiro atoms. The Bertz CT molecular complexity index is 1340. The minimum Gasteiger partial charge on any atom is -0.462 e. The molecule has 0 aliphatic heterocycles. The Balaban J connectivity index is 3.97. The first-order chi connectivity index (χ1) is 39.5. The van der Waals surface area contributed by atoms with Crippen molar-refractivity contribution in [1.29, 1.82) is 0 Å². The molecule has 0 fully saturated rings. The van der Waals surface area contributed by atoms with Gasteiger partial charge in [0.1, 0.15) is 13.2 Å². The SMILES string of the molecule is CCCCCCC/C=C\C/C=C\C/C=C\CCCCCCCCCCCCCCC(=O)OC(COC(=O)CCCCCCCC)COC(=O)CCCCCCCCCCCCCCCCCCCCCCCCCCCCCCC. The molecule has 6 nitrogen and oxygen atoms in total. The first-order valence-corrected chi connectivity index (χ1v) is 36.0. The molecule has 0 aromatic heterocycles. The van der Waals surface area contributed by atoms with Crippen LogP contribution in [0, 0.1) is 0 Å². The van der Waals surface area contributed by atoms with Gasteiger partial charge in [0, 0.05) is 19.3 Å². The van der Waals surface area contributed by atoms with E-state index in [1.165, 1.54) is 289 Å². The van der Waals surface area contributed by atoms with Crippen LogP contribution in [0.15, 0.2) is 36.5 Å². The zero-order valence-electron chi connectivity index (χ0n) is 54.1. The van der Waals surface area contributed by atoms with Crippen molar-refractivity contribution in [1.82, 2.24) is 0 Å². The minimum atomic E-state index is -0.768. The topological polar surface area (TPSA) is 78.9 Å².